The molecule has 0 radical (unpaired) electrons. The van der Waals surface area contributed by atoms with Gasteiger partial charge in [0.1, 0.15) is 0 Å². The highest BCUT2D eigenvalue weighted by Crippen LogP contribution is 2.30. The number of anilines is 2. The number of nitrogens with zero attached hydrogens (tertiary/aromatic N) is 1. The maximum Gasteiger partial charge on any atom is 0.238 e. The van der Waals surface area contributed by atoms with E-state index in [2.05, 4.69) is 0 Å². The van der Waals surface area contributed by atoms with E-state index in [1.807, 2.05) is 6.92 Å². The third-order valence-corrected chi connectivity index (χ3v) is 5.90. The molecule has 0 bridgehead atoms. The van der Waals surface area contributed by atoms with Gasteiger partial charge >= 0.3 is 0 Å². The highest BCUT2D eigenvalue weighted by atomic mass is 32.2. The van der Waals surface area contributed by atoms with Crippen molar-refractivity contribution < 1.29 is 8.42 Å². The summed E-state index contributed by atoms with van der Waals surface area (Å²) in [6.07, 6.45) is 3.61. The Kier molecular flexibility index (Phi) is 3.80. The number of nitrogen functional groups attached to an aromatic ring is 1. The molecule has 0 aliphatic heterocycles. The molecule has 0 aromatic heterocycles. The quantitative estimate of drug-likeness (QED) is 0.853. The van der Waals surface area contributed by atoms with E-state index in [1.165, 1.54) is 4.31 Å². The summed E-state index contributed by atoms with van der Waals surface area (Å²) in [6, 6.07) is 7.01. The van der Waals surface area contributed by atoms with Gasteiger partial charge < -0.3 is 5.73 Å². The summed E-state index contributed by atoms with van der Waals surface area (Å²) in [7, 11) is -3.22. The van der Waals surface area contributed by atoms with Crippen molar-refractivity contribution in [2.24, 2.45) is 0 Å². The van der Waals surface area contributed by atoms with Crippen LogP contribution in [0.25, 0.3) is 0 Å². The van der Waals surface area contributed by atoms with Crippen molar-refractivity contribution in [3.05, 3.63) is 24.3 Å². The average molecular weight is 268 g/mol. The molecular weight excluding hydrogens is 248 g/mol. The first-order valence-corrected chi connectivity index (χ1v) is 7.93. The van der Waals surface area contributed by atoms with Crippen molar-refractivity contribution in [1.82, 2.24) is 0 Å². The normalized spacial score (nSPS) is 16.9. The van der Waals surface area contributed by atoms with Crippen molar-refractivity contribution in [1.29, 1.82) is 0 Å². The fourth-order valence-corrected chi connectivity index (χ4v) is 4.58. The monoisotopic (exact) mass is 268 g/mol. The number of benzene rings is 1. The van der Waals surface area contributed by atoms with Crippen molar-refractivity contribution in [3.63, 3.8) is 0 Å². The van der Waals surface area contributed by atoms with Crippen molar-refractivity contribution in [2.45, 2.75) is 37.9 Å². The Hall–Kier alpha value is -1.23. The van der Waals surface area contributed by atoms with Crippen LogP contribution in [0.5, 0.6) is 0 Å². The first kappa shape index (κ1) is 13.2. The SMILES string of the molecule is CCN(c1ccc(N)cc1)S(=O)(=O)C1CCCC1. The molecule has 0 spiro atoms. The maximum absolute atomic E-state index is 12.5. The third kappa shape index (κ3) is 2.46. The highest BCUT2D eigenvalue weighted by Gasteiger charge is 2.33. The Bertz CT molecular complexity index is 490. The Morgan fingerprint density at radius 1 is 1.22 bits per heavy atom. The van der Waals surface area contributed by atoms with Crippen LogP contribution >= 0.6 is 0 Å². The number of nitrogens with two attached hydrogens (primary N) is 1. The Morgan fingerprint density at radius 3 is 2.28 bits per heavy atom. The number of hydrogen-bond donors (Lipinski definition) is 1. The summed E-state index contributed by atoms with van der Waals surface area (Å²) in [5.74, 6) is 0. The summed E-state index contributed by atoms with van der Waals surface area (Å²) < 4.78 is 26.6. The van der Waals surface area contributed by atoms with E-state index < -0.39 is 10.0 Å². The summed E-state index contributed by atoms with van der Waals surface area (Å²) in [4.78, 5) is 0. The van der Waals surface area contributed by atoms with E-state index in [1.54, 1.807) is 24.3 Å². The Balaban J connectivity index is 2.30. The lowest BCUT2D eigenvalue weighted by Crippen LogP contribution is -2.37. The van der Waals surface area contributed by atoms with Crippen LogP contribution < -0.4 is 10.0 Å². The van der Waals surface area contributed by atoms with Gasteiger partial charge in [0.15, 0.2) is 0 Å². The molecule has 1 aliphatic carbocycles. The maximum atomic E-state index is 12.5. The molecule has 4 nitrogen and oxygen atoms in total. The molecular formula is C13H20N2O2S. The van der Waals surface area contributed by atoms with Crippen LogP contribution in [0.3, 0.4) is 0 Å². The van der Waals surface area contributed by atoms with Crippen LogP contribution in [-0.2, 0) is 10.0 Å². The van der Waals surface area contributed by atoms with Gasteiger partial charge in [0.25, 0.3) is 0 Å². The fraction of sp³-hybridized carbons (Fsp3) is 0.538. The van der Waals surface area contributed by atoms with E-state index >= 15 is 0 Å². The van der Waals surface area contributed by atoms with Gasteiger partial charge in [-0.15, -0.1) is 0 Å². The van der Waals surface area contributed by atoms with Crippen LogP contribution in [0, 0.1) is 0 Å². The Morgan fingerprint density at radius 2 is 1.78 bits per heavy atom. The second-order valence-corrected chi connectivity index (χ2v) is 6.85. The first-order chi connectivity index (χ1) is 8.55. The van der Waals surface area contributed by atoms with E-state index in [-0.39, 0.29) is 5.25 Å². The van der Waals surface area contributed by atoms with E-state index in [0.717, 1.165) is 25.7 Å². The van der Waals surface area contributed by atoms with Crippen molar-refractivity contribution in [2.75, 3.05) is 16.6 Å². The molecule has 100 valence electrons. The van der Waals surface area contributed by atoms with Gasteiger partial charge in [-0.25, -0.2) is 8.42 Å². The van der Waals surface area contributed by atoms with Crippen LogP contribution in [-0.4, -0.2) is 20.2 Å². The molecule has 1 aliphatic rings. The van der Waals surface area contributed by atoms with Crippen LogP contribution in [0.2, 0.25) is 0 Å². The molecule has 2 rings (SSSR count). The van der Waals surface area contributed by atoms with Crippen LogP contribution in [0.15, 0.2) is 24.3 Å². The third-order valence-electron chi connectivity index (χ3n) is 3.50. The number of sulfonamides is 1. The lowest BCUT2D eigenvalue weighted by atomic mass is 10.3. The first-order valence-electron chi connectivity index (χ1n) is 6.43. The van der Waals surface area contributed by atoms with Gasteiger partial charge in [0, 0.05) is 12.2 Å². The second kappa shape index (κ2) is 5.18. The van der Waals surface area contributed by atoms with Gasteiger partial charge in [-0.05, 0) is 44.0 Å². The summed E-state index contributed by atoms with van der Waals surface area (Å²) in [5, 5.41) is -0.213. The molecule has 0 atom stereocenters. The predicted molar refractivity (Wildman–Crippen MR) is 75.1 cm³/mol. The molecule has 5 heteroatoms. The summed E-state index contributed by atoms with van der Waals surface area (Å²) in [6.45, 7) is 2.33. The molecule has 1 aromatic carbocycles. The minimum absolute atomic E-state index is 0.213. The zero-order valence-corrected chi connectivity index (χ0v) is 11.5. The molecule has 1 fully saturated rings. The van der Waals surface area contributed by atoms with E-state index in [0.29, 0.717) is 17.9 Å². The average Bonchev–Trinajstić information content (AvgIpc) is 2.86. The minimum Gasteiger partial charge on any atom is -0.399 e. The zero-order valence-electron chi connectivity index (χ0n) is 10.7. The lowest BCUT2D eigenvalue weighted by Gasteiger charge is -2.26. The topological polar surface area (TPSA) is 63.4 Å². The van der Waals surface area contributed by atoms with Gasteiger partial charge in [0.05, 0.1) is 10.9 Å². The minimum atomic E-state index is -3.22. The summed E-state index contributed by atoms with van der Waals surface area (Å²) in [5.41, 5.74) is 6.98. The molecule has 1 saturated carbocycles. The van der Waals surface area contributed by atoms with E-state index in [9.17, 15) is 8.42 Å². The fourth-order valence-electron chi connectivity index (χ4n) is 2.52. The van der Waals surface area contributed by atoms with Crippen molar-refractivity contribution >= 4 is 21.4 Å². The smallest absolute Gasteiger partial charge is 0.238 e. The Labute approximate surface area is 109 Å². The van der Waals surface area contributed by atoms with Gasteiger partial charge in [-0.1, -0.05) is 12.8 Å². The largest absolute Gasteiger partial charge is 0.399 e. The van der Waals surface area contributed by atoms with Gasteiger partial charge in [-0.3, -0.25) is 4.31 Å². The number of rotatable bonds is 4. The van der Waals surface area contributed by atoms with Crippen LogP contribution in [0.1, 0.15) is 32.6 Å². The van der Waals surface area contributed by atoms with Gasteiger partial charge in [-0.2, -0.15) is 0 Å². The zero-order chi connectivity index (χ0) is 13.2. The second-order valence-electron chi connectivity index (χ2n) is 4.71. The summed E-state index contributed by atoms with van der Waals surface area (Å²) >= 11 is 0. The molecule has 18 heavy (non-hydrogen) atoms. The molecule has 0 heterocycles. The predicted octanol–water partition coefficient (Wildman–Crippen LogP) is 2.37. The van der Waals surface area contributed by atoms with Gasteiger partial charge in [0.2, 0.25) is 10.0 Å². The standard InChI is InChI=1S/C13H20N2O2S/c1-2-15(12-9-7-11(14)8-10-12)18(16,17)13-5-3-4-6-13/h7-10,13H,2-6,14H2,1H3. The lowest BCUT2D eigenvalue weighted by molar-refractivity contribution is 0.575. The van der Waals surface area contributed by atoms with Crippen molar-refractivity contribution in [3.8, 4) is 0 Å². The molecule has 0 saturated heterocycles. The highest BCUT2D eigenvalue weighted by molar-refractivity contribution is 7.93. The molecule has 0 unspecified atom stereocenters. The molecule has 0 amide bonds. The molecule has 1 aromatic rings. The molecule has 2 N–H and O–H groups in total. The van der Waals surface area contributed by atoms with E-state index in [4.69, 9.17) is 5.73 Å². The number of hydrogen-bond acceptors (Lipinski definition) is 3. The van der Waals surface area contributed by atoms with Crippen LogP contribution in [0.4, 0.5) is 11.4 Å².